The lowest BCUT2D eigenvalue weighted by Gasteiger charge is -2.20. The lowest BCUT2D eigenvalue weighted by molar-refractivity contribution is -0.139. The van der Waals surface area contributed by atoms with Gasteiger partial charge in [0.25, 0.3) is 5.91 Å². The van der Waals surface area contributed by atoms with Crippen LogP contribution in [0.3, 0.4) is 0 Å². The van der Waals surface area contributed by atoms with Gasteiger partial charge in [0.05, 0.1) is 43.4 Å². The Morgan fingerprint density at radius 2 is 2.08 bits per heavy atom. The van der Waals surface area contributed by atoms with Crippen LogP contribution in [-0.4, -0.2) is 46.1 Å². The predicted octanol–water partition coefficient (Wildman–Crippen LogP) is 4.73. The summed E-state index contributed by atoms with van der Waals surface area (Å²) < 4.78 is 54.0. The van der Waals surface area contributed by atoms with Gasteiger partial charge in [-0.1, -0.05) is 6.07 Å². The number of hydrogen-bond acceptors (Lipinski definition) is 6. The summed E-state index contributed by atoms with van der Waals surface area (Å²) >= 11 is 0. The Labute approximate surface area is 216 Å². The molecule has 1 unspecified atom stereocenters. The molecule has 2 aromatic carbocycles. The van der Waals surface area contributed by atoms with E-state index in [2.05, 4.69) is 20.2 Å². The first kappa shape index (κ1) is 24.2. The number of nitrogens with zero attached hydrogens (tertiary/aromatic N) is 4. The Morgan fingerprint density at radius 3 is 2.89 bits per heavy atom. The molecule has 1 fully saturated rings. The first-order valence-electron chi connectivity index (χ1n) is 12.3. The number of ether oxygens (including phenoxy) is 2. The summed E-state index contributed by atoms with van der Waals surface area (Å²) in [4.78, 5) is 23.7. The largest absolute Gasteiger partial charge is 0.487 e. The minimum atomic E-state index is -4.64. The Morgan fingerprint density at radius 1 is 1.18 bits per heavy atom. The summed E-state index contributed by atoms with van der Waals surface area (Å²) in [7, 11) is 0. The molecule has 1 saturated heterocycles. The lowest BCUT2D eigenvalue weighted by Crippen LogP contribution is -2.21. The summed E-state index contributed by atoms with van der Waals surface area (Å²) in [5, 5.41) is 2.61. The molecule has 0 saturated carbocycles. The van der Waals surface area contributed by atoms with E-state index in [1.54, 1.807) is 30.7 Å². The number of alkyl halides is 3. The highest BCUT2D eigenvalue weighted by Crippen LogP contribution is 2.39. The van der Waals surface area contributed by atoms with Gasteiger partial charge < -0.3 is 19.7 Å². The van der Waals surface area contributed by atoms with Gasteiger partial charge >= 0.3 is 6.18 Å². The first-order valence-corrected chi connectivity index (χ1v) is 12.3. The molecule has 0 bridgehead atoms. The zero-order chi connectivity index (χ0) is 26.3. The minimum absolute atomic E-state index is 0.0361. The molecule has 38 heavy (non-hydrogen) atoms. The average molecular weight is 524 g/mol. The molecule has 11 heteroatoms. The van der Waals surface area contributed by atoms with Crippen molar-refractivity contribution in [2.45, 2.75) is 31.7 Å². The molecule has 4 heterocycles. The molecule has 1 atom stereocenters. The van der Waals surface area contributed by atoms with Gasteiger partial charge in [0, 0.05) is 42.3 Å². The van der Waals surface area contributed by atoms with Crippen LogP contribution in [0.1, 0.15) is 33.6 Å². The number of fused-ring (bicyclic) bond motifs is 2. The van der Waals surface area contributed by atoms with Crippen molar-refractivity contribution in [1.82, 2.24) is 14.4 Å². The number of carbonyl (C=O) groups excluding carboxylic acids is 1. The maximum absolute atomic E-state index is 13.8. The summed E-state index contributed by atoms with van der Waals surface area (Å²) in [5.41, 5.74) is 3.21. The normalized spacial score (nSPS) is 17.1. The van der Waals surface area contributed by atoms with Crippen molar-refractivity contribution in [3.05, 3.63) is 83.6 Å². The minimum Gasteiger partial charge on any atom is -0.487 e. The van der Waals surface area contributed by atoms with Crippen LogP contribution >= 0.6 is 0 Å². The number of halogens is 3. The van der Waals surface area contributed by atoms with Crippen LogP contribution in [-0.2, 0) is 23.9 Å². The van der Waals surface area contributed by atoms with E-state index in [0.717, 1.165) is 41.6 Å². The van der Waals surface area contributed by atoms with E-state index in [4.69, 9.17) is 9.47 Å². The monoisotopic (exact) mass is 523 g/mol. The third-order valence-electron chi connectivity index (χ3n) is 6.81. The van der Waals surface area contributed by atoms with E-state index in [1.807, 2.05) is 16.7 Å². The number of hydrogen-bond donors (Lipinski definition) is 1. The van der Waals surface area contributed by atoms with Crippen LogP contribution in [0, 0.1) is 0 Å². The fourth-order valence-electron chi connectivity index (χ4n) is 4.88. The van der Waals surface area contributed by atoms with Crippen molar-refractivity contribution in [1.29, 1.82) is 0 Å². The van der Waals surface area contributed by atoms with Crippen molar-refractivity contribution < 1.29 is 27.4 Å². The quantitative estimate of drug-likeness (QED) is 0.394. The smallest absolute Gasteiger partial charge is 0.420 e. The SMILES string of the molecule is O=C(Nc1ccc(OC2CCOC2)c(C(F)(F)F)c1)c1ccc2c(c1)N(Cc1cnc3cnccn13)CC2. The van der Waals surface area contributed by atoms with Gasteiger partial charge in [-0.05, 0) is 42.3 Å². The second-order valence-electron chi connectivity index (χ2n) is 9.34. The number of rotatable bonds is 6. The van der Waals surface area contributed by atoms with Crippen molar-refractivity contribution in [2.24, 2.45) is 0 Å². The molecular formula is C27H24F3N5O3. The summed E-state index contributed by atoms with van der Waals surface area (Å²) in [6.07, 6.45) is 3.33. The van der Waals surface area contributed by atoms with Gasteiger partial charge in [0.2, 0.25) is 0 Å². The molecule has 4 aromatic rings. The Bertz CT molecular complexity index is 1500. The molecule has 2 aliphatic rings. The van der Waals surface area contributed by atoms with Gasteiger partial charge in [0.15, 0.2) is 5.65 Å². The van der Waals surface area contributed by atoms with Crippen molar-refractivity contribution in [3.63, 3.8) is 0 Å². The molecule has 0 radical (unpaired) electrons. The second-order valence-corrected chi connectivity index (χ2v) is 9.34. The molecule has 1 N–H and O–H groups in total. The van der Waals surface area contributed by atoms with Crippen molar-refractivity contribution >= 4 is 22.9 Å². The van der Waals surface area contributed by atoms with Crippen LogP contribution in [0.25, 0.3) is 5.65 Å². The zero-order valence-electron chi connectivity index (χ0n) is 20.2. The number of carbonyl (C=O) groups is 1. The lowest BCUT2D eigenvalue weighted by atomic mass is 10.1. The Balaban J connectivity index is 1.21. The predicted molar refractivity (Wildman–Crippen MR) is 133 cm³/mol. The first-order chi connectivity index (χ1) is 18.3. The van der Waals surface area contributed by atoms with Crippen molar-refractivity contribution in [2.75, 3.05) is 30.0 Å². The molecule has 1 amide bonds. The van der Waals surface area contributed by atoms with E-state index < -0.39 is 23.8 Å². The summed E-state index contributed by atoms with van der Waals surface area (Å²) in [5.74, 6) is -0.770. The van der Waals surface area contributed by atoms with E-state index in [0.29, 0.717) is 25.1 Å². The molecule has 6 rings (SSSR count). The van der Waals surface area contributed by atoms with Gasteiger partial charge in [0.1, 0.15) is 11.9 Å². The Hall–Kier alpha value is -4.12. The van der Waals surface area contributed by atoms with Gasteiger partial charge in [-0.3, -0.25) is 14.2 Å². The number of aromatic nitrogens is 3. The summed E-state index contributed by atoms with van der Waals surface area (Å²) in [6, 6.07) is 8.93. The van der Waals surface area contributed by atoms with Gasteiger partial charge in [-0.2, -0.15) is 13.2 Å². The number of benzene rings is 2. The van der Waals surface area contributed by atoms with E-state index in [9.17, 15) is 18.0 Å². The van der Waals surface area contributed by atoms with Crippen LogP contribution < -0.4 is 15.0 Å². The third kappa shape index (κ3) is 4.76. The molecule has 196 valence electrons. The number of amides is 1. The fraction of sp³-hybridized carbons (Fsp3) is 0.296. The third-order valence-corrected chi connectivity index (χ3v) is 6.81. The van der Waals surface area contributed by atoms with Gasteiger partial charge in [-0.15, -0.1) is 0 Å². The maximum atomic E-state index is 13.8. The molecular weight excluding hydrogens is 499 g/mol. The van der Waals surface area contributed by atoms with Crippen LogP contribution in [0.15, 0.2) is 61.2 Å². The van der Waals surface area contributed by atoms with E-state index in [-0.39, 0.29) is 18.0 Å². The molecule has 2 aliphatic heterocycles. The van der Waals surface area contributed by atoms with E-state index >= 15 is 0 Å². The van der Waals surface area contributed by atoms with E-state index in [1.165, 1.54) is 12.1 Å². The highest BCUT2D eigenvalue weighted by Gasteiger charge is 2.36. The summed E-state index contributed by atoms with van der Waals surface area (Å²) in [6.45, 7) is 2.07. The highest BCUT2D eigenvalue weighted by atomic mass is 19.4. The zero-order valence-corrected chi connectivity index (χ0v) is 20.2. The molecule has 0 spiro atoms. The molecule has 0 aliphatic carbocycles. The van der Waals surface area contributed by atoms with Crippen LogP contribution in [0.5, 0.6) is 5.75 Å². The average Bonchev–Trinajstić information content (AvgIpc) is 3.65. The molecule has 8 nitrogen and oxygen atoms in total. The van der Waals surface area contributed by atoms with Crippen molar-refractivity contribution in [3.8, 4) is 5.75 Å². The maximum Gasteiger partial charge on any atom is 0.420 e. The second kappa shape index (κ2) is 9.64. The highest BCUT2D eigenvalue weighted by molar-refractivity contribution is 6.05. The van der Waals surface area contributed by atoms with Crippen LogP contribution in [0.4, 0.5) is 24.5 Å². The van der Waals surface area contributed by atoms with Crippen LogP contribution in [0.2, 0.25) is 0 Å². The Kier molecular flexibility index (Phi) is 6.15. The number of imidazole rings is 1. The standard InChI is InChI=1S/C27H24F3N5O3/c28-27(29,30)22-12-19(3-4-24(22)38-21-6-10-37-16-21)33-26(36)18-2-1-17-5-8-34(23(17)11-18)15-20-13-32-25-14-31-7-9-35(20)25/h1-4,7,9,11-14,21H,5-6,8,10,15-16H2,(H,33,36). The topological polar surface area (TPSA) is 81.0 Å². The fourth-order valence-corrected chi connectivity index (χ4v) is 4.88. The number of anilines is 2. The number of nitrogens with one attached hydrogen (secondary N) is 1. The molecule has 2 aromatic heterocycles. The van der Waals surface area contributed by atoms with Gasteiger partial charge in [-0.25, -0.2) is 4.98 Å².